The van der Waals surface area contributed by atoms with Crippen molar-refractivity contribution in [1.29, 1.82) is 0 Å². The average molecular weight is 689 g/mol. The maximum absolute atomic E-state index is 6.19. The summed E-state index contributed by atoms with van der Waals surface area (Å²) in [6.45, 7) is 9.70. The summed E-state index contributed by atoms with van der Waals surface area (Å²) in [6.07, 6.45) is 4.46. The fraction of sp³-hybridized carbons (Fsp3) is 0.265. The van der Waals surface area contributed by atoms with Gasteiger partial charge < -0.3 is 38.7 Å². The zero-order chi connectivity index (χ0) is 27.4. The molecule has 8 heteroatoms. The third-order valence-corrected chi connectivity index (χ3v) is 8.08. The summed E-state index contributed by atoms with van der Waals surface area (Å²) in [6, 6.07) is 28.3. The number of nitrogens with zero attached hydrogens (tertiary/aromatic N) is 5. The molecule has 0 spiro atoms. The van der Waals surface area contributed by atoms with E-state index in [0.29, 0.717) is 26.2 Å². The number of methoxy groups -OCH3 is 1. The van der Waals surface area contributed by atoms with E-state index in [1.54, 1.807) is 7.11 Å². The highest BCUT2D eigenvalue weighted by Gasteiger charge is 2.25. The first-order valence-corrected chi connectivity index (χ1v) is 14.0. The van der Waals surface area contributed by atoms with E-state index in [-0.39, 0.29) is 39.4 Å². The summed E-state index contributed by atoms with van der Waals surface area (Å²) < 4.78 is 15.5. The second-order valence-electron chi connectivity index (χ2n) is 11.9. The number of pyridine rings is 1. The number of fused-ring (bicyclic) bond motifs is 14. The number of benzene rings is 3. The van der Waals surface area contributed by atoms with Crippen LogP contribution in [0.3, 0.4) is 0 Å². The second kappa shape index (κ2) is 11.7. The minimum absolute atomic E-state index is 0. The summed E-state index contributed by atoms with van der Waals surface area (Å²) in [7, 11) is 1.80. The summed E-state index contributed by atoms with van der Waals surface area (Å²) in [5.41, 5.74) is 10.6. The molecule has 0 N–H and O–H groups in total. The Morgan fingerprint density at radius 1 is 0.690 bits per heavy atom. The lowest BCUT2D eigenvalue weighted by Crippen LogP contribution is -3.00. The molecule has 216 valence electrons. The van der Waals surface area contributed by atoms with Crippen molar-refractivity contribution < 1.29 is 47.8 Å². The van der Waals surface area contributed by atoms with E-state index >= 15 is 0 Å². The van der Waals surface area contributed by atoms with Crippen LogP contribution in [0.4, 0.5) is 0 Å². The molecular weight excluding hydrogens is 654 g/mol. The van der Waals surface area contributed by atoms with E-state index in [0.717, 1.165) is 17.1 Å². The Morgan fingerprint density at radius 3 is 1.62 bits per heavy atom. The van der Waals surface area contributed by atoms with Crippen LogP contribution in [0, 0.1) is 0 Å². The Morgan fingerprint density at radius 2 is 1.17 bits per heavy atom. The van der Waals surface area contributed by atoms with Crippen molar-refractivity contribution in [2.75, 3.05) is 7.11 Å². The van der Waals surface area contributed by atoms with Crippen LogP contribution in [0.5, 0.6) is 5.75 Å². The molecule has 6 nitrogen and oxygen atoms in total. The van der Waals surface area contributed by atoms with Gasteiger partial charge >= 0.3 is 0 Å². The smallest absolute Gasteiger partial charge is 0.245 e. The van der Waals surface area contributed by atoms with Gasteiger partial charge in [0.1, 0.15) is 31.9 Å². The number of para-hydroxylation sites is 4. The minimum Gasteiger partial charge on any atom is -1.00 e. The highest BCUT2D eigenvalue weighted by molar-refractivity contribution is 5.72. The average Bonchev–Trinajstić information content (AvgIpc) is 3.46. The van der Waals surface area contributed by atoms with Gasteiger partial charge in [0.2, 0.25) is 12.7 Å². The van der Waals surface area contributed by atoms with Gasteiger partial charge in [-0.2, -0.15) is 0 Å². The van der Waals surface area contributed by atoms with E-state index < -0.39 is 0 Å². The molecule has 1 aliphatic rings. The van der Waals surface area contributed by atoms with E-state index in [1.165, 1.54) is 38.8 Å². The van der Waals surface area contributed by atoms with Gasteiger partial charge in [0.05, 0.1) is 18.5 Å². The fourth-order valence-corrected chi connectivity index (χ4v) is 6.10. The number of imidazole rings is 2. The van der Waals surface area contributed by atoms with Gasteiger partial charge in [-0.15, -0.1) is 0 Å². The van der Waals surface area contributed by atoms with E-state index in [4.69, 9.17) is 9.72 Å². The number of rotatable bonds is 1. The number of halogens is 2. The van der Waals surface area contributed by atoms with E-state index in [9.17, 15) is 0 Å². The number of ether oxygens (including phenoxy) is 1. The number of hydrogen-bond donors (Lipinski definition) is 0. The largest absolute Gasteiger partial charge is 1.00 e. The summed E-state index contributed by atoms with van der Waals surface area (Å²) in [5, 5.41) is 0. The Kier molecular flexibility index (Phi) is 8.32. The zero-order valence-corrected chi connectivity index (χ0v) is 27.6. The van der Waals surface area contributed by atoms with Gasteiger partial charge in [-0.25, -0.2) is 23.3 Å². The molecule has 0 radical (unpaired) electrons. The standard InChI is InChI=1S/C34H35N5O.2BrH/c1-34(2,3)26-16-24-18-36-22-38(31-14-7-5-12-29(31)36)20-27-10-9-11-28(35-27)21-39-23-37(19-25(17-26)33(24)40-4)30-13-6-8-15-32(30)39;;/h5-17,22-23H,18-21H2,1-4H3;2*1H/q+2;;/p-2. The first kappa shape index (κ1) is 30.0. The molecule has 6 aromatic rings. The lowest BCUT2D eigenvalue weighted by atomic mass is 9.84. The van der Waals surface area contributed by atoms with Crippen molar-refractivity contribution in [2.45, 2.75) is 52.4 Å². The maximum Gasteiger partial charge on any atom is 0.245 e. The van der Waals surface area contributed by atoms with Crippen LogP contribution in [0.1, 0.15) is 48.8 Å². The third kappa shape index (κ3) is 5.38. The normalized spacial score (nSPS) is 13.0. The van der Waals surface area contributed by atoms with Crippen LogP contribution in [0.15, 0.2) is 91.5 Å². The Bertz CT molecular complexity index is 1780. The van der Waals surface area contributed by atoms with Crippen LogP contribution < -0.4 is 47.8 Å². The SMILES string of the molecule is COc1c2cc(C(C)(C)C)cc1C[n+]1cn(c3ccccc31)Cc1cccc(n1)Cn1c[n+](c3ccccc31)C2.[Br-].[Br-]. The Labute approximate surface area is 267 Å². The van der Waals surface area contributed by atoms with Gasteiger partial charge in [0.15, 0.2) is 22.1 Å². The van der Waals surface area contributed by atoms with Crippen LogP contribution >= 0.6 is 0 Å². The molecule has 4 heterocycles. The van der Waals surface area contributed by atoms with E-state index in [1.807, 2.05) is 0 Å². The zero-order valence-electron chi connectivity index (χ0n) is 24.4. The molecule has 0 saturated carbocycles. The summed E-state index contributed by atoms with van der Waals surface area (Å²) >= 11 is 0. The highest BCUT2D eigenvalue weighted by Crippen LogP contribution is 2.32. The monoisotopic (exact) mass is 687 g/mol. The maximum atomic E-state index is 6.19. The molecule has 1 aliphatic heterocycles. The van der Waals surface area contributed by atoms with Crippen molar-refractivity contribution in [3.05, 3.63) is 120 Å². The van der Waals surface area contributed by atoms with Crippen LogP contribution in [-0.2, 0) is 31.6 Å². The molecule has 0 unspecified atom stereocenters. The number of aromatic nitrogens is 5. The van der Waals surface area contributed by atoms with Crippen LogP contribution in [-0.4, -0.2) is 21.2 Å². The molecule has 7 rings (SSSR count). The van der Waals surface area contributed by atoms with Gasteiger partial charge in [0, 0.05) is 11.1 Å². The molecule has 0 fully saturated rings. The highest BCUT2D eigenvalue weighted by atomic mass is 79.9. The second-order valence-corrected chi connectivity index (χ2v) is 11.9. The van der Waals surface area contributed by atoms with Crippen molar-refractivity contribution >= 4 is 22.1 Å². The molecule has 0 atom stereocenters. The summed E-state index contributed by atoms with van der Waals surface area (Å²) in [5.74, 6) is 0.959. The van der Waals surface area contributed by atoms with Gasteiger partial charge in [-0.1, -0.05) is 51.1 Å². The van der Waals surface area contributed by atoms with Gasteiger partial charge in [-0.3, -0.25) is 0 Å². The van der Waals surface area contributed by atoms with Crippen molar-refractivity contribution in [1.82, 2.24) is 14.1 Å². The molecule has 42 heavy (non-hydrogen) atoms. The molecule has 3 aromatic carbocycles. The Hall–Kier alpha value is -3.49. The molecule has 3 aromatic heterocycles. The lowest BCUT2D eigenvalue weighted by molar-refractivity contribution is -0.664. The van der Waals surface area contributed by atoms with Gasteiger partial charge in [-0.05, 0) is 59.5 Å². The third-order valence-electron chi connectivity index (χ3n) is 8.08. The first-order chi connectivity index (χ1) is 19.4. The van der Waals surface area contributed by atoms with Crippen molar-refractivity contribution in [3.63, 3.8) is 0 Å². The number of hydrogen-bond acceptors (Lipinski definition) is 2. The van der Waals surface area contributed by atoms with Gasteiger partial charge in [0.25, 0.3) is 0 Å². The van der Waals surface area contributed by atoms with Crippen LogP contribution in [0.25, 0.3) is 22.1 Å². The minimum atomic E-state index is 0. The Balaban J connectivity index is 0.00000176. The molecule has 0 amide bonds. The van der Waals surface area contributed by atoms with E-state index in [2.05, 4.69) is 131 Å². The van der Waals surface area contributed by atoms with Crippen molar-refractivity contribution in [3.8, 4) is 5.75 Å². The first-order valence-electron chi connectivity index (χ1n) is 14.0. The fourth-order valence-electron chi connectivity index (χ4n) is 6.10. The molecule has 8 bridgehead atoms. The van der Waals surface area contributed by atoms with Crippen LogP contribution in [0.2, 0.25) is 0 Å². The predicted molar refractivity (Wildman–Crippen MR) is 157 cm³/mol. The lowest BCUT2D eigenvalue weighted by Gasteiger charge is -2.23. The predicted octanol–water partition coefficient (Wildman–Crippen LogP) is -0.613. The molecule has 0 aliphatic carbocycles. The topological polar surface area (TPSA) is 39.7 Å². The molecular formula is C34H35Br2N5O. The quantitative estimate of drug-likeness (QED) is 0.216. The van der Waals surface area contributed by atoms with Crippen molar-refractivity contribution in [2.24, 2.45) is 0 Å². The summed E-state index contributed by atoms with van der Waals surface area (Å²) in [4.78, 5) is 5.09. The molecule has 0 saturated heterocycles.